The first-order chi connectivity index (χ1) is 10.4. The van der Waals surface area contributed by atoms with Crippen LogP contribution in [0.1, 0.15) is 28.0 Å². The van der Waals surface area contributed by atoms with Crippen LogP contribution in [0.4, 0.5) is 0 Å². The molecule has 0 fully saturated rings. The van der Waals surface area contributed by atoms with Gasteiger partial charge in [-0.2, -0.15) is 0 Å². The van der Waals surface area contributed by atoms with Gasteiger partial charge in [0.25, 0.3) is 0 Å². The standard InChI is InChI=1S/C14H16N2O4S2/c1-3-20-14(17)11-4-6-13(7-5-11)22(18,19)15-8-12-9-21-10(2)16-12/h4-7,9,15H,3,8H2,1-2H3. The van der Waals surface area contributed by atoms with Gasteiger partial charge in [-0.05, 0) is 38.1 Å². The minimum atomic E-state index is -3.64. The van der Waals surface area contributed by atoms with Crippen LogP contribution < -0.4 is 4.72 Å². The van der Waals surface area contributed by atoms with Crippen molar-refractivity contribution in [2.45, 2.75) is 25.3 Å². The van der Waals surface area contributed by atoms with Crippen molar-refractivity contribution in [3.05, 3.63) is 45.9 Å². The molecule has 2 rings (SSSR count). The van der Waals surface area contributed by atoms with Gasteiger partial charge in [-0.3, -0.25) is 0 Å². The molecule has 22 heavy (non-hydrogen) atoms. The molecule has 1 N–H and O–H groups in total. The first-order valence-corrected chi connectivity index (χ1v) is 8.96. The number of carbonyl (C=O) groups is 1. The summed E-state index contributed by atoms with van der Waals surface area (Å²) in [4.78, 5) is 15.8. The van der Waals surface area contributed by atoms with Gasteiger partial charge in [-0.15, -0.1) is 11.3 Å². The summed E-state index contributed by atoms with van der Waals surface area (Å²) in [6.45, 7) is 3.97. The molecule has 1 aromatic carbocycles. The predicted octanol–water partition coefficient (Wildman–Crippen LogP) is 2.11. The van der Waals surface area contributed by atoms with Crippen LogP contribution >= 0.6 is 11.3 Å². The van der Waals surface area contributed by atoms with E-state index >= 15 is 0 Å². The van der Waals surface area contributed by atoms with E-state index in [0.29, 0.717) is 11.3 Å². The number of rotatable bonds is 6. The number of sulfonamides is 1. The van der Waals surface area contributed by atoms with Crippen molar-refractivity contribution in [3.8, 4) is 0 Å². The molecule has 1 heterocycles. The molecule has 0 aliphatic rings. The highest BCUT2D eigenvalue weighted by atomic mass is 32.2. The molecular formula is C14H16N2O4S2. The lowest BCUT2D eigenvalue weighted by molar-refractivity contribution is 0.0526. The number of nitrogens with one attached hydrogen (secondary N) is 1. The van der Waals surface area contributed by atoms with Gasteiger partial charge in [0.15, 0.2) is 0 Å². The maximum Gasteiger partial charge on any atom is 0.338 e. The zero-order valence-corrected chi connectivity index (χ0v) is 13.8. The number of esters is 1. The SMILES string of the molecule is CCOC(=O)c1ccc(S(=O)(=O)NCc2csc(C)n2)cc1. The molecular weight excluding hydrogens is 324 g/mol. The van der Waals surface area contributed by atoms with E-state index in [4.69, 9.17) is 4.74 Å². The lowest BCUT2D eigenvalue weighted by Crippen LogP contribution is -2.23. The smallest absolute Gasteiger partial charge is 0.338 e. The second-order valence-electron chi connectivity index (χ2n) is 4.43. The third kappa shape index (κ3) is 4.12. The summed E-state index contributed by atoms with van der Waals surface area (Å²) < 4.78 is 31.7. The summed E-state index contributed by atoms with van der Waals surface area (Å²) in [5.41, 5.74) is 0.991. The van der Waals surface area contributed by atoms with E-state index in [-0.39, 0.29) is 18.0 Å². The van der Waals surface area contributed by atoms with Gasteiger partial charge in [-0.25, -0.2) is 22.9 Å². The zero-order chi connectivity index (χ0) is 16.2. The molecule has 0 spiro atoms. The number of carbonyl (C=O) groups excluding carboxylic acids is 1. The maximum atomic E-state index is 12.2. The normalized spacial score (nSPS) is 11.4. The van der Waals surface area contributed by atoms with Gasteiger partial charge in [0.2, 0.25) is 10.0 Å². The summed E-state index contributed by atoms with van der Waals surface area (Å²) in [7, 11) is -3.64. The number of ether oxygens (including phenoxy) is 1. The van der Waals surface area contributed by atoms with E-state index < -0.39 is 16.0 Å². The molecule has 118 valence electrons. The van der Waals surface area contributed by atoms with Crippen molar-refractivity contribution in [2.75, 3.05) is 6.61 Å². The molecule has 0 aliphatic heterocycles. The topological polar surface area (TPSA) is 85.4 Å². The fourth-order valence-corrected chi connectivity index (χ4v) is 3.34. The highest BCUT2D eigenvalue weighted by molar-refractivity contribution is 7.89. The Hall–Kier alpha value is -1.77. The Kier molecular flexibility index (Phi) is 5.28. The van der Waals surface area contributed by atoms with Gasteiger partial charge < -0.3 is 4.74 Å². The molecule has 0 atom stereocenters. The van der Waals surface area contributed by atoms with Gasteiger partial charge in [0.1, 0.15) is 0 Å². The Morgan fingerprint density at radius 2 is 2.00 bits per heavy atom. The van der Waals surface area contributed by atoms with Crippen LogP contribution in [0.3, 0.4) is 0 Å². The molecule has 6 nitrogen and oxygen atoms in total. The average molecular weight is 340 g/mol. The minimum absolute atomic E-state index is 0.0903. The molecule has 0 aliphatic carbocycles. The molecule has 0 bridgehead atoms. The van der Waals surface area contributed by atoms with Crippen molar-refractivity contribution in [3.63, 3.8) is 0 Å². The summed E-state index contributed by atoms with van der Waals surface area (Å²) in [6.07, 6.45) is 0. The van der Waals surface area contributed by atoms with Crippen LogP contribution in [-0.4, -0.2) is 26.0 Å². The Bertz CT molecular complexity index is 751. The Morgan fingerprint density at radius 1 is 1.32 bits per heavy atom. The number of hydrogen-bond donors (Lipinski definition) is 1. The van der Waals surface area contributed by atoms with Crippen molar-refractivity contribution in [2.24, 2.45) is 0 Å². The Labute approximate surface area is 133 Å². The van der Waals surface area contributed by atoms with E-state index in [1.165, 1.54) is 35.6 Å². The number of aromatic nitrogens is 1. The second kappa shape index (κ2) is 6.99. The van der Waals surface area contributed by atoms with E-state index in [2.05, 4.69) is 9.71 Å². The summed E-state index contributed by atoms with van der Waals surface area (Å²) >= 11 is 1.46. The van der Waals surface area contributed by atoms with Gasteiger partial charge in [-0.1, -0.05) is 0 Å². The molecule has 8 heteroatoms. The van der Waals surface area contributed by atoms with Crippen molar-refractivity contribution >= 4 is 27.3 Å². The first-order valence-electron chi connectivity index (χ1n) is 6.60. The fraction of sp³-hybridized carbons (Fsp3) is 0.286. The van der Waals surface area contributed by atoms with Gasteiger partial charge in [0, 0.05) is 5.38 Å². The number of benzene rings is 1. The summed E-state index contributed by atoms with van der Waals surface area (Å²) in [5.74, 6) is -0.475. The van der Waals surface area contributed by atoms with Crippen LogP contribution in [0.15, 0.2) is 34.5 Å². The summed E-state index contributed by atoms with van der Waals surface area (Å²) in [5, 5.41) is 2.69. The molecule has 0 radical (unpaired) electrons. The molecule has 0 unspecified atom stereocenters. The first kappa shape index (κ1) is 16.6. The van der Waals surface area contributed by atoms with E-state index in [1.54, 1.807) is 6.92 Å². The zero-order valence-electron chi connectivity index (χ0n) is 12.2. The van der Waals surface area contributed by atoms with Crippen molar-refractivity contribution < 1.29 is 17.9 Å². The van der Waals surface area contributed by atoms with Crippen LogP contribution in [-0.2, 0) is 21.3 Å². The second-order valence-corrected chi connectivity index (χ2v) is 7.26. The highest BCUT2D eigenvalue weighted by Gasteiger charge is 2.15. The minimum Gasteiger partial charge on any atom is -0.462 e. The maximum absolute atomic E-state index is 12.2. The highest BCUT2D eigenvalue weighted by Crippen LogP contribution is 2.13. The monoisotopic (exact) mass is 340 g/mol. The third-order valence-electron chi connectivity index (χ3n) is 2.79. The molecule has 0 amide bonds. The quantitative estimate of drug-likeness (QED) is 0.814. The average Bonchev–Trinajstić information content (AvgIpc) is 2.91. The van der Waals surface area contributed by atoms with E-state index in [1.807, 2.05) is 12.3 Å². The Morgan fingerprint density at radius 3 is 2.55 bits per heavy atom. The van der Waals surface area contributed by atoms with Gasteiger partial charge >= 0.3 is 5.97 Å². The number of thiazole rings is 1. The van der Waals surface area contributed by atoms with Crippen LogP contribution in [0.5, 0.6) is 0 Å². The molecule has 2 aromatic rings. The molecule has 1 aromatic heterocycles. The van der Waals surface area contributed by atoms with Gasteiger partial charge in [0.05, 0.1) is 34.3 Å². The number of aryl methyl sites for hydroxylation is 1. The Balaban J connectivity index is 2.07. The predicted molar refractivity (Wildman–Crippen MR) is 83.3 cm³/mol. The molecule has 0 saturated carbocycles. The van der Waals surface area contributed by atoms with Crippen LogP contribution in [0.2, 0.25) is 0 Å². The van der Waals surface area contributed by atoms with Crippen molar-refractivity contribution in [1.82, 2.24) is 9.71 Å². The lowest BCUT2D eigenvalue weighted by Gasteiger charge is -2.06. The van der Waals surface area contributed by atoms with Crippen molar-refractivity contribution in [1.29, 1.82) is 0 Å². The van der Waals surface area contributed by atoms with Crippen LogP contribution in [0, 0.1) is 6.92 Å². The number of hydrogen-bond acceptors (Lipinski definition) is 6. The summed E-state index contributed by atoms with van der Waals surface area (Å²) in [6, 6.07) is 5.61. The number of nitrogens with zero attached hydrogens (tertiary/aromatic N) is 1. The third-order valence-corrected chi connectivity index (χ3v) is 5.03. The fourth-order valence-electron chi connectivity index (χ4n) is 1.73. The van der Waals surface area contributed by atoms with E-state index in [9.17, 15) is 13.2 Å². The van der Waals surface area contributed by atoms with Crippen LogP contribution in [0.25, 0.3) is 0 Å². The molecule has 0 saturated heterocycles. The van der Waals surface area contributed by atoms with E-state index in [0.717, 1.165) is 5.01 Å². The largest absolute Gasteiger partial charge is 0.462 e. The lowest BCUT2D eigenvalue weighted by atomic mass is 10.2.